The van der Waals surface area contributed by atoms with Crippen LogP contribution >= 0.6 is 11.3 Å². The van der Waals surface area contributed by atoms with E-state index in [1.807, 2.05) is 61.6 Å². The van der Waals surface area contributed by atoms with Gasteiger partial charge in [0, 0.05) is 24.7 Å². The smallest absolute Gasteiger partial charge is 0.114 e. The SMILES string of the molecule is Cc1ccsc1C(O)c1cccc(N(C)C)c1. The highest BCUT2D eigenvalue weighted by Crippen LogP contribution is 2.30. The molecule has 2 rings (SSSR count). The standard InChI is InChI=1S/C14H17NOS/c1-10-7-8-17-14(10)13(16)11-5-4-6-12(9-11)15(2)3/h4-9,13,16H,1-3H3. The quantitative estimate of drug-likeness (QED) is 0.900. The van der Waals surface area contributed by atoms with Crippen molar-refractivity contribution in [3.8, 4) is 0 Å². The van der Waals surface area contributed by atoms with Crippen LogP contribution in [0.1, 0.15) is 22.1 Å². The van der Waals surface area contributed by atoms with Crippen LogP contribution in [0.15, 0.2) is 35.7 Å². The average Bonchev–Trinajstić information content (AvgIpc) is 2.74. The summed E-state index contributed by atoms with van der Waals surface area (Å²) >= 11 is 1.60. The number of hydrogen-bond donors (Lipinski definition) is 1. The van der Waals surface area contributed by atoms with Crippen molar-refractivity contribution < 1.29 is 5.11 Å². The van der Waals surface area contributed by atoms with E-state index >= 15 is 0 Å². The van der Waals surface area contributed by atoms with Crippen LogP contribution in [0.3, 0.4) is 0 Å². The maximum absolute atomic E-state index is 10.4. The van der Waals surface area contributed by atoms with Crippen LogP contribution in [0.4, 0.5) is 5.69 Å². The lowest BCUT2D eigenvalue weighted by molar-refractivity contribution is 0.223. The van der Waals surface area contributed by atoms with Crippen LogP contribution in [0.2, 0.25) is 0 Å². The number of anilines is 1. The van der Waals surface area contributed by atoms with Crippen molar-refractivity contribution in [1.82, 2.24) is 0 Å². The van der Waals surface area contributed by atoms with Gasteiger partial charge in [-0.15, -0.1) is 11.3 Å². The Kier molecular flexibility index (Phi) is 3.50. The van der Waals surface area contributed by atoms with E-state index < -0.39 is 6.10 Å². The third kappa shape index (κ3) is 2.51. The first-order valence-electron chi connectivity index (χ1n) is 5.59. The Balaban J connectivity index is 2.34. The highest BCUT2D eigenvalue weighted by atomic mass is 32.1. The fourth-order valence-electron chi connectivity index (χ4n) is 1.79. The fourth-order valence-corrected chi connectivity index (χ4v) is 2.73. The second-order valence-corrected chi connectivity index (χ2v) is 5.31. The Labute approximate surface area is 106 Å². The summed E-state index contributed by atoms with van der Waals surface area (Å²) in [4.78, 5) is 3.07. The minimum absolute atomic E-state index is 0.519. The van der Waals surface area contributed by atoms with Gasteiger partial charge in [0.25, 0.3) is 0 Å². The molecule has 2 nitrogen and oxygen atoms in total. The summed E-state index contributed by atoms with van der Waals surface area (Å²) < 4.78 is 0. The molecule has 0 aliphatic carbocycles. The Bertz CT molecular complexity index is 504. The fraction of sp³-hybridized carbons (Fsp3) is 0.286. The number of hydrogen-bond acceptors (Lipinski definition) is 3. The van der Waals surface area contributed by atoms with Gasteiger partial charge in [0.1, 0.15) is 6.10 Å². The van der Waals surface area contributed by atoms with Crippen LogP contribution in [0.5, 0.6) is 0 Å². The molecule has 1 aromatic carbocycles. The summed E-state index contributed by atoms with van der Waals surface area (Å²) in [6, 6.07) is 10.1. The van der Waals surface area contributed by atoms with Crippen molar-refractivity contribution in [3.63, 3.8) is 0 Å². The average molecular weight is 247 g/mol. The summed E-state index contributed by atoms with van der Waals surface area (Å²) in [5.74, 6) is 0. The Morgan fingerprint density at radius 1 is 1.24 bits per heavy atom. The van der Waals surface area contributed by atoms with Gasteiger partial charge in [-0.2, -0.15) is 0 Å². The molecule has 0 aliphatic rings. The van der Waals surface area contributed by atoms with Gasteiger partial charge < -0.3 is 10.0 Å². The van der Waals surface area contributed by atoms with Crippen LogP contribution in [-0.4, -0.2) is 19.2 Å². The van der Waals surface area contributed by atoms with E-state index in [9.17, 15) is 5.11 Å². The van der Waals surface area contributed by atoms with E-state index in [1.54, 1.807) is 11.3 Å². The maximum Gasteiger partial charge on any atom is 0.114 e. The molecule has 2 aromatic rings. The summed E-state index contributed by atoms with van der Waals surface area (Å²) in [5, 5.41) is 12.4. The predicted octanol–water partition coefficient (Wildman–Crippen LogP) is 3.20. The zero-order valence-electron chi connectivity index (χ0n) is 10.3. The normalized spacial score (nSPS) is 12.5. The minimum atomic E-state index is -0.519. The largest absolute Gasteiger partial charge is 0.383 e. The maximum atomic E-state index is 10.4. The van der Waals surface area contributed by atoms with Gasteiger partial charge >= 0.3 is 0 Å². The number of nitrogens with zero attached hydrogens (tertiary/aromatic N) is 1. The molecule has 90 valence electrons. The summed E-state index contributed by atoms with van der Waals surface area (Å²) in [5.41, 5.74) is 3.20. The first-order chi connectivity index (χ1) is 8.09. The first kappa shape index (κ1) is 12.1. The van der Waals surface area contributed by atoms with Crippen molar-refractivity contribution in [1.29, 1.82) is 0 Å². The monoisotopic (exact) mass is 247 g/mol. The van der Waals surface area contributed by atoms with Crippen LogP contribution in [0.25, 0.3) is 0 Å². The van der Waals surface area contributed by atoms with Gasteiger partial charge in [0.2, 0.25) is 0 Å². The van der Waals surface area contributed by atoms with Crippen LogP contribution in [-0.2, 0) is 0 Å². The second kappa shape index (κ2) is 4.90. The predicted molar refractivity (Wildman–Crippen MR) is 73.9 cm³/mol. The molecule has 3 heteroatoms. The van der Waals surface area contributed by atoms with E-state index in [1.165, 1.54) is 0 Å². The molecule has 1 unspecified atom stereocenters. The van der Waals surface area contributed by atoms with E-state index in [-0.39, 0.29) is 0 Å². The van der Waals surface area contributed by atoms with E-state index in [2.05, 4.69) is 0 Å². The van der Waals surface area contributed by atoms with Crippen molar-refractivity contribution in [3.05, 3.63) is 51.7 Å². The highest BCUT2D eigenvalue weighted by Gasteiger charge is 2.14. The summed E-state index contributed by atoms with van der Waals surface area (Å²) in [7, 11) is 4.00. The summed E-state index contributed by atoms with van der Waals surface area (Å²) in [6.45, 7) is 2.03. The molecule has 1 N–H and O–H groups in total. The number of aliphatic hydroxyl groups excluding tert-OH is 1. The molecule has 0 bridgehead atoms. The van der Waals surface area contributed by atoms with E-state index in [0.717, 1.165) is 21.7 Å². The Hall–Kier alpha value is -1.32. The van der Waals surface area contributed by atoms with Gasteiger partial charge in [0.05, 0.1) is 0 Å². The zero-order chi connectivity index (χ0) is 12.4. The number of aryl methyl sites for hydroxylation is 1. The van der Waals surface area contributed by atoms with E-state index in [0.29, 0.717) is 0 Å². The molecule has 0 radical (unpaired) electrons. The molecule has 0 saturated heterocycles. The lowest BCUT2D eigenvalue weighted by Gasteiger charge is -2.16. The Morgan fingerprint density at radius 2 is 2.00 bits per heavy atom. The molecule has 1 atom stereocenters. The third-order valence-electron chi connectivity index (χ3n) is 2.85. The third-order valence-corrected chi connectivity index (χ3v) is 3.92. The molecule has 0 aliphatic heterocycles. The number of benzene rings is 1. The molecule has 0 saturated carbocycles. The zero-order valence-corrected chi connectivity index (χ0v) is 11.2. The lowest BCUT2D eigenvalue weighted by atomic mass is 10.1. The topological polar surface area (TPSA) is 23.5 Å². The van der Waals surface area contributed by atoms with E-state index in [4.69, 9.17) is 0 Å². The molecular formula is C14H17NOS. The highest BCUT2D eigenvalue weighted by molar-refractivity contribution is 7.10. The van der Waals surface area contributed by atoms with Gasteiger partial charge in [-0.25, -0.2) is 0 Å². The number of thiophene rings is 1. The number of aliphatic hydroxyl groups is 1. The van der Waals surface area contributed by atoms with Crippen molar-refractivity contribution in [2.75, 3.05) is 19.0 Å². The van der Waals surface area contributed by atoms with Crippen molar-refractivity contribution in [2.45, 2.75) is 13.0 Å². The second-order valence-electron chi connectivity index (χ2n) is 4.36. The molecule has 0 fully saturated rings. The van der Waals surface area contributed by atoms with Gasteiger partial charge in [-0.1, -0.05) is 12.1 Å². The molecule has 1 aromatic heterocycles. The molecule has 0 amide bonds. The van der Waals surface area contributed by atoms with Gasteiger partial charge in [-0.05, 0) is 41.6 Å². The van der Waals surface area contributed by atoms with Crippen molar-refractivity contribution in [2.24, 2.45) is 0 Å². The van der Waals surface area contributed by atoms with Crippen molar-refractivity contribution >= 4 is 17.0 Å². The molecule has 0 spiro atoms. The molecular weight excluding hydrogens is 230 g/mol. The minimum Gasteiger partial charge on any atom is -0.383 e. The van der Waals surface area contributed by atoms with Gasteiger partial charge in [0.15, 0.2) is 0 Å². The molecule has 17 heavy (non-hydrogen) atoms. The summed E-state index contributed by atoms with van der Waals surface area (Å²) in [6.07, 6.45) is -0.519. The molecule has 1 heterocycles. The first-order valence-corrected chi connectivity index (χ1v) is 6.47. The van der Waals surface area contributed by atoms with Gasteiger partial charge in [-0.3, -0.25) is 0 Å². The van der Waals surface area contributed by atoms with Crippen LogP contribution in [0, 0.1) is 6.92 Å². The lowest BCUT2D eigenvalue weighted by Crippen LogP contribution is -2.09. The number of rotatable bonds is 3. The van der Waals surface area contributed by atoms with Crippen LogP contribution < -0.4 is 4.90 Å². The Morgan fingerprint density at radius 3 is 2.59 bits per heavy atom.